The van der Waals surface area contributed by atoms with Crippen LogP contribution in [0.1, 0.15) is 25.7 Å². The minimum absolute atomic E-state index is 0.204. The van der Waals surface area contributed by atoms with E-state index in [9.17, 15) is 8.42 Å². The molecule has 0 atom stereocenters. The lowest BCUT2D eigenvalue weighted by molar-refractivity contribution is 0.522. The quantitative estimate of drug-likeness (QED) is 0.641. The maximum Gasteiger partial charge on any atom is 0.279 e. The van der Waals surface area contributed by atoms with E-state index in [1.165, 1.54) is 4.31 Å². The van der Waals surface area contributed by atoms with Gasteiger partial charge in [0.15, 0.2) is 0 Å². The fourth-order valence-electron chi connectivity index (χ4n) is 1.61. The van der Waals surface area contributed by atoms with Gasteiger partial charge in [-0.25, -0.2) is 0 Å². The summed E-state index contributed by atoms with van der Waals surface area (Å²) in [6.07, 6.45) is 4.33. The largest absolute Gasteiger partial charge is 0.279 e. The van der Waals surface area contributed by atoms with E-state index in [0.29, 0.717) is 13.1 Å². The zero-order chi connectivity index (χ0) is 8.60. The standard InChI is InChI=1S/C7H14N2O2S/c10-12(11,9-5-6-9)8-7-3-1-2-4-7/h7-8H,1-6H2. The van der Waals surface area contributed by atoms with Crippen LogP contribution in [0.25, 0.3) is 0 Å². The van der Waals surface area contributed by atoms with E-state index in [4.69, 9.17) is 0 Å². The summed E-state index contributed by atoms with van der Waals surface area (Å²) in [6, 6.07) is 0.204. The predicted octanol–water partition coefficient (Wildman–Crippen LogP) is 0.0790. The van der Waals surface area contributed by atoms with E-state index in [-0.39, 0.29) is 6.04 Å². The van der Waals surface area contributed by atoms with Crippen LogP contribution < -0.4 is 4.72 Å². The number of rotatable bonds is 3. The van der Waals surface area contributed by atoms with Crippen LogP contribution in [0.15, 0.2) is 0 Å². The second-order valence-electron chi connectivity index (χ2n) is 3.50. The van der Waals surface area contributed by atoms with Gasteiger partial charge in [-0.05, 0) is 12.8 Å². The van der Waals surface area contributed by atoms with Crippen LogP contribution in [-0.2, 0) is 10.2 Å². The molecule has 1 heterocycles. The monoisotopic (exact) mass is 190 g/mol. The van der Waals surface area contributed by atoms with Gasteiger partial charge in [-0.2, -0.15) is 17.4 Å². The van der Waals surface area contributed by atoms with E-state index in [2.05, 4.69) is 4.72 Å². The molecule has 0 amide bonds. The van der Waals surface area contributed by atoms with Crippen LogP contribution >= 0.6 is 0 Å². The van der Waals surface area contributed by atoms with Crippen molar-refractivity contribution >= 4 is 10.2 Å². The average molecular weight is 190 g/mol. The predicted molar refractivity (Wildman–Crippen MR) is 45.9 cm³/mol. The fourth-order valence-corrected chi connectivity index (χ4v) is 2.98. The third-order valence-electron chi connectivity index (χ3n) is 2.42. The van der Waals surface area contributed by atoms with Crippen LogP contribution in [0.4, 0.5) is 0 Å². The topological polar surface area (TPSA) is 49.2 Å². The van der Waals surface area contributed by atoms with E-state index >= 15 is 0 Å². The number of hydrogen-bond acceptors (Lipinski definition) is 2. The van der Waals surface area contributed by atoms with Crippen LogP contribution in [0.5, 0.6) is 0 Å². The molecule has 1 saturated heterocycles. The first-order valence-corrected chi connectivity index (χ1v) is 5.90. The van der Waals surface area contributed by atoms with Crippen molar-refractivity contribution in [3.05, 3.63) is 0 Å². The van der Waals surface area contributed by atoms with Crippen LogP contribution in [-0.4, -0.2) is 31.9 Å². The highest BCUT2D eigenvalue weighted by molar-refractivity contribution is 7.87. The molecular formula is C7H14N2O2S. The lowest BCUT2D eigenvalue weighted by Crippen LogP contribution is -2.36. The molecule has 1 N–H and O–H groups in total. The molecule has 5 heteroatoms. The summed E-state index contributed by atoms with van der Waals surface area (Å²) in [7, 11) is -3.09. The van der Waals surface area contributed by atoms with Crippen LogP contribution in [0.3, 0.4) is 0 Å². The first-order chi connectivity index (χ1) is 5.68. The van der Waals surface area contributed by atoms with E-state index in [1.807, 2.05) is 0 Å². The maximum atomic E-state index is 11.4. The van der Waals surface area contributed by atoms with Crippen molar-refractivity contribution in [2.45, 2.75) is 31.7 Å². The van der Waals surface area contributed by atoms with Gasteiger partial charge in [-0.15, -0.1) is 0 Å². The molecule has 1 aliphatic heterocycles. The Balaban J connectivity index is 1.92. The van der Waals surface area contributed by atoms with Crippen molar-refractivity contribution in [2.24, 2.45) is 0 Å². The first-order valence-electron chi connectivity index (χ1n) is 4.46. The minimum atomic E-state index is -3.09. The van der Waals surface area contributed by atoms with Crippen molar-refractivity contribution in [1.82, 2.24) is 9.03 Å². The molecule has 0 spiro atoms. The molecule has 1 saturated carbocycles. The lowest BCUT2D eigenvalue weighted by atomic mass is 10.3. The summed E-state index contributed by atoms with van der Waals surface area (Å²) in [5, 5.41) is 0. The van der Waals surface area contributed by atoms with Crippen molar-refractivity contribution in [3.63, 3.8) is 0 Å². The Morgan fingerprint density at radius 3 is 2.25 bits per heavy atom. The molecule has 0 bridgehead atoms. The number of nitrogens with one attached hydrogen (secondary N) is 1. The highest BCUT2D eigenvalue weighted by Crippen LogP contribution is 2.20. The third kappa shape index (κ3) is 1.78. The van der Waals surface area contributed by atoms with Gasteiger partial charge in [0.2, 0.25) is 0 Å². The van der Waals surface area contributed by atoms with Crippen LogP contribution in [0.2, 0.25) is 0 Å². The normalized spacial score (nSPS) is 26.3. The highest BCUT2D eigenvalue weighted by atomic mass is 32.2. The smallest absolute Gasteiger partial charge is 0.199 e. The Morgan fingerprint density at radius 1 is 1.17 bits per heavy atom. The fraction of sp³-hybridized carbons (Fsp3) is 1.00. The van der Waals surface area contributed by atoms with Gasteiger partial charge in [-0.1, -0.05) is 12.8 Å². The van der Waals surface area contributed by atoms with Gasteiger partial charge < -0.3 is 0 Å². The Hall–Kier alpha value is -0.130. The molecule has 0 aromatic rings. The molecule has 2 aliphatic rings. The van der Waals surface area contributed by atoms with Crippen molar-refractivity contribution in [1.29, 1.82) is 0 Å². The van der Waals surface area contributed by atoms with Crippen molar-refractivity contribution in [2.75, 3.05) is 13.1 Å². The molecule has 0 unspecified atom stereocenters. The summed E-state index contributed by atoms with van der Waals surface area (Å²) in [6.45, 7) is 1.39. The maximum absolute atomic E-state index is 11.4. The zero-order valence-electron chi connectivity index (χ0n) is 6.99. The van der Waals surface area contributed by atoms with E-state index in [0.717, 1.165) is 25.7 Å². The Morgan fingerprint density at radius 2 is 1.75 bits per heavy atom. The van der Waals surface area contributed by atoms with Gasteiger partial charge in [-0.3, -0.25) is 0 Å². The van der Waals surface area contributed by atoms with E-state index < -0.39 is 10.2 Å². The summed E-state index contributed by atoms with van der Waals surface area (Å²) < 4.78 is 26.9. The van der Waals surface area contributed by atoms with Gasteiger partial charge in [0.1, 0.15) is 0 Å². The van der Waals surface area contributed by atoms with E-state index in [1.54, 1.807) is 0 Å². The Bertz CT molecular complexity index is 253. The highest BCUT2D eigenvalue weighted by Gasteiger charge is 2.33. The molecule has 4 nitrogen and oxygen atoms in total. The SMILES string of the molecule is O=S(=O)(NC1CCCC1)N1CC1. The van der Waals surface area contributed by atoms with Crippen LogP contribution in [0, 0.1) is 0 Å². The summed E-state index contributed by atoms with van der Waals surface area (Å²) in [4.78, 5) is 0. The van der Waals surface area contributed by atoms with Gasteiger partial charge in [0.25, 0.3) is 10.2 Å². The first kappa shape index (κ1) is 8.47. The van der Waals surface area contributed by atoms with Gasteiger partial charge in [0, 0.05) is 19.1 Å². The molecule has 70 valence electrons. The second-order valence-corrected chi connectivity index (χ2v) is 5.21. The zero-order valence-corrected chi connectivity index (χ0v) is 7.81. The average Bonchev–Trinajstić information content (AvgIpc) is 2.74. The van der Waals surface area contributed by atoms with Gasteiger partial charge >= 0.3 is 0 Å². The number of nitrogens with zero attached hydrogens (tertiary/aromatic N) is 1. The molecule has 1 aliphatic carbocycles. The molecule has 2 fully saturated rings. The third-order valence-corrected chi connectivity index (χ3v) is 4.09. The molecule has 0 aromatic heterocycles. The van der Waals surface area contributed by atoms with Crippen molar-refractivity contribution in [3.8, 4) is 0 Å². The summed E-state index contributed by atoms with van der Waals surface area (Å²) >= 11 is 0. The second kappa shape index (κ2) is 2.97. The number of hydrogen-bond donors (Lipinski definition) is 1. The van der Waals surface area contributed by atoms with Crippen molar-refractivity contribution < 1.29 is 8.42 Å². The minimum Gasteiger partial charge on any atom is -0.199 e. The Labute approximate surface area is 73.1 Å². The molecular weight excluding hydrogens is 176 g/mol. The lowest BCUT2D eigenvalue weighted by Gasteiger charge is -2.11. The summed E-state index contributed by atoms with van der Waals surface area (Å²) in [5.74, 6) is 0. The molecule has 0 radical (unpaired) electrons. The molecule has 2 rings (SSSR count). The van der Waals surface area contributed by atoms with Gasteiger partial charge in [0.05, 0.1) is 0 Å². The Kier molecular flexibility index (Phi) is 2.10. The summed E-state index contributed by atoms with van der Waals surface area (Å²) in [5.41, 5.74) is 0. The molecule has 12 heavy (non-hydrogen) atoms. The molecule has 0 aromatic carbocycles.